The molecule has 11 heavy (non-hydrogen) atoms. The monoisotopic (exact) mass is 194 g/mol. The fraction of sp³-hybridized carbons (Fsp3) is 0.857. The van der Waals surface area contributed by atoms with E-state index >= 15 is 0 Å². The van der Waals surface area contributed by atoms with Gasteiger partial charge in [-0.1, -0.05) is 20.8 Å². The molecule has 0 radical (unpaired) electrons. The van der Waals surface area contributed by atoms with Gasteiger partial charge in [-0.25, -0.2) is 0 Å². The fourth-order valence-corrected chi connectivity index (χ4v) is 1.65. The largest absolute Gasteiger partial charge is 0.448 e. The smallest absolute Gasteiger partial charge is 0.312 e. The van der Waals surface area contributed by atoms with E-state index in [1.165, 1.54) is 0 Å². The molecule has 0 aromatic rings. The van der Waals surface area contributed by atoms with Crippen LogP contribution in [0.15, 0.2) is 0 Å². The Morgan fingerprint density at radius 3 is 2.64 bits per heavy atom. The lowest BCUT2D eigenvalue weighted by Gasteiger charge is -2.04. The predicted molar refractivity (Wildman–Crippen MR) is 53.3 cm³/mol. The zero-order chi connectivity index (χ0) is 8.69. The van der Waals surface area contributed by atoms with Crippen LogP contribution in [-0.4, -0.2) is 24.0 Å². The van der Waals surface area contributed by atoms with E-state index in [0.717, 1.165) is 6.16 Å². The number of rotatable bonds is 5. The highest BCUT2D eigenvalue weighted by Crippen LogP contribution is 2.20. The highest BCUT2D eigenvalue weighted by atomic mass is 31.1. The van der Waals surface area contributed by atoms with Crippen LogP contribution < -0.4 is 0 Å². The van der Waals surface area contributed by atoms with E-state index in [2.05, 4.69) is 13.8 Å². The van der Waals surface area contributed by atoms with E-state index in [-0.39, 0.29) is 5.97 Å². The molecule has 2 atom stereocenters. The first-order valence-electron chi connectivity index (χ1n) is 3.82. The summed E-state index contributed by atoms with van der Waals surface area (Å²) in [6.45, 7) is 6.25. The molecule has 2 unspecified atom stereocenters. The minimum Gasteiger partial charge on any atom is -0.448 e. The molecule has 4 heteroatoms. The summed E-state index contributed by atoms with van der Waals surface area (Å²) in [6.07, 6.45) is 1.54. The Morgan fingerprint density at radius 1 is 1.55 bits per heavy atom. The summed E-state index contributed by atoms with van der Waals surface area (Å²) in [5.74, 6) is -0.0304. The van der Waals surface area contributed by atoms with Crippen molar-refractivity contribution in [1.29, 1.82) is 0 Å². The quantitative estimate of drug-likeness (QED) is 0.627. The fourth-order valence-electron chi connectivity index (χ4n) is 0.476. The standard InChI is InChI=1S/C7H16O2P2/c1-4-11-9-7(8)5-10-6(2)3/h6,10-11H,4-5H2,1-3H3. The molecule has 0 N–H and O–H groups in total. The molecule has 66 valence electrons. The molecule has 0 rings (SSSR count). The second-order valence-corrected chi connectivity index (χ2v) is 5.62. The van der Waals surface area contributed by atoms with Gasteiger partial charge in [-0.3, -0.25) is 4.79 Å². The van der Waals surface area contributed by atoms with Gasteiger partial charge in [0.25, 0.3) is 0 Å². The third kappa shape index (κ3) is 8.23. The number of hydrogen-bond acceptors (Lipinski definition) is 2. The molecule has 0 fully saturated rings. The van der Waals surface area contributed by atoms with E-state index < -0.39 is 0 Å². The lowest BCUT2D eigenvalue weighted by Crippen LogP contribution is -2.02. The Kier molecular flexibility index (Phi) is 7.22. The molecular formula is C7H16O2P2. The maximum atomic E-state index is 10.9. The number of carbonyl (C=O) groups excluding carboxylic acids is 1. The Balaban J connectivity index is 3.23. The van der Waals surface area contributed by atoms with Crippen molar-refractivity contribution in [2.24, 2.45) is 0 Å². The summed E-state index contributed by atoms with van der Waals surface area (Å²) < 4.78 is 4.94. The first-order chi connectivity index (χ1) is 5.16. The van der Waals surface area contributed by atoms with Gasteiger partial charge in [0.05, 0.1) is 15.0 Å². The van der Waals surface area contributed by atoms with Crippen LogP contribution in [0.2, 0.25) is 0 Å². The Hall–Kier alpha value is 0.330. The molecule has 0 amide bonds. The summed E-state index contributed by atoms with van der Waals surface area (Å²) in [7, 11) is 1.06. The van der Waals surface area contributed by atoms with Crippen molar-refractivity contribution in [1.82, 2.24) is 0 Å². The molecule has 0 aromatic carbocycles. The van der Waals surface area contributed by atoms with Crippen LogP contribution in [0.5, 0.6) is 0 Å². The first-order valence-corrected chi connectivity index (χ1v) is 6.22. The van der Waals surface area contributed by atoms with Gasteiger partial charge < -0.3 is 4.52 Å². The first kappa shape index (κ1) is 11.3. The molecule has 0 aliphatic carbocycles. The van der Waals surface area contributed by atoms with Gasteiger partial charge in [-0.2, -0.15) is 0 Å². The van der Waals surface area contributed by atoms with Crippen LogP contribution in [0.4, 0.5) is 0 Å². The zero-order valence-electron chi connectivity index (χ0n) is 7.31. The van der Waals surface area contributed by atoms with Crippen molar-refractivity contribution in [2.75, 3.05) is 12.3 Å². The average molecular weight is 194 g/mol. The van der Waals surface area contributed by atoms with Crippen LogP contribution in [0, 0.1) is 0 Å². The molecule has 0 heterocycles. The van der Waals surface area contributed by atoms with Crippen LogP contribution >= 0.6 is 17.4 Å². The van der Waals surface area contributed by atoms with Crippen molar-refractivity contribution < 1.29 is 9.32 Å². The predicted octanol–water partition coefficient (Wildman–Crippen LogP) is 2.23. The topological polar surface area (TPSA) is 26.3 Å². The van der Waals surface area contributed by atoms with E-state index in [4.69, 9.17) is 4.52 Å². The highest BCUT2D eigenvalue weighted by molar-refractivity contribution is 7.40. The van der Waals surface area contributed by atoms with E-state index in [9.17, 15) is 4.79 Å². The van der Waals surface area contributed by atoms with Gasteiger partial charge in [0.1, 0.15) is 0 Å². The Bertz CT molecular complexity index is 115. The molecule has 0 saturated carbocycles. The normalized spacial score (nSPS) is 12.4. The summed E-state index contributed by atoms with van der Waals surface area (Å²) in [5.41, 5.74) is 0.618. The van der Waals surface area contributed by atoms with Gasteiger partial charge in [-0.05, 0) is 11.8 Å². The van der Waals surface area contributed by atoms with Crippen molar-refractivity contribution >= 4 is 23.4 Å². The van der Waals surface area contributed by atoms with Crippen LogP contribution in [-0.2, 0) is 9.32 Å². The molecule has 0 spiro atoms. The molecular weight excluding hydrogens is 178 g/mol. The summed E-state index contributed by atoms with van der Waals surface area (Å²) in [5, 5.41) is 0. The van der Waals surface area contributed by atoms with Gasteiger partial charge >= 0.3 is 5.97 Å². The van der Waals surface area contributed by atoms with Crippen molar-refractivity contribution in [3.05, 3.63) is 0 Å². The van der Waals surface area contributed by atoms with Gasteiger partial charge in [0, 0.05) is 0 Å². The Labute approximate surface area is 72.1 Å². The van der Waals surface area contributed by atoms with E-state index in [1.54, 1.807) is 0 Å². The zero-order valence-corrected chi connectivity index (χ0v) is 9.31. The minimum absolute atomic E-state index is 0.0304. The summed E-state index contributed by atoms with van der Waals surface area (Å²) >= 11 is 0. The second-order valence-electron chi connectivity index (χ2n) is 2.51. The molecule has 0 saturated heterocycles. The molecule has 2 nitrogen and oxygen atoms in total. The minimum atomic E-state index is -0.0304. The Morgan fingerprint density at radius 2 is 2.18 bits per heavy atom. The average Bonchev–Trinajstić information content (AvgIpc) is 1.97. The van der Waals surface area contributed by atoms with Gasteiger partial charge in [0.15, 0.2) is 0 Å². The maximum absolute atomic E-state index is 10.9. The molecule has 0 aliphatic rings. The van der Waals surface area contributed by atoms with Crippen molar-refractivity contribution in [3.63, 3.8) is 0 Å². The lowest BCUT2D eigenvalue weighted by atomic mass is 10.6. The summed E-state index contributed by atoms with van der Waals surface area (Å²) in [4.78, 5) is 10.9. The van der Waals surface area contributed by atoms with Crippen molar-refractivity contribution in [2.45, 2.75) is 26.4 Å². The summed E-state index contributed by atoms with van der Waals surface area (Å²) in [6, 6.07) is 0. The van der Waals surface area contributed by atoms with E-state index in [0.29, 0.717) is 29.2 Å². The second kappa shape index (κ2) is 7.00. The number of hydrogen-bond donors (Lipinski definition) is 0. The molecule has 0 aliphatic heterocycles. The highest BCUT2D eigenvalue weighted by Gasteiger charge is 2.02. The van der Waals surface area contributed by atoms with Crippen LogP contribution in [0.1, 0.15) is 20.8 Å². The maximum Gasteiger partial charge on any atom is 0.312 e. The van der Waals surface area contributed by atoms with Crippen molar-refractivity contribution in [3.8, 4) is 0 Å². The molecule has 0 aromatic heterocycles. The number of carbonyl (C=O) groups is 1. The third-order valence-corrected chi connectivity index (χ3v) is 2.95. The van der Waals surface area contributed by atoms with Crippen LogP contribution in [0.25, 0.3) is 0 Å². The molecule has 0 bridgehead atoms. The lowest BCUT2D eigenvalue weighted by molar-refractivity contribution is -0.130. The van der Waals surface area contributed by atoms with E-state index in [1.807, 2.05) is 6.92 Å². The SMILES string of the molecule is CCPOC(=O)CPC(C)C. The van der Waals surface area contributed by atoms with Crippen LogP contribution in [0.3, 0.4) is 0 Å². The van der Waals surface area contributed by atoms with Gasteiger partial charge in [0.2, 0.25) is 0 Å². The third-order valence-electron chi connectivity index (χ3n) is 0.985. The van der Waals surface area contributed by atoms with Gasteiger partial charge in [-0.15, -0.1) is 8.58 Å².